The third kappa shape index (κ3) is 1.76. The van der Waals surface area contributed by atoms with Crippen LogP contribution in [0.5, 0.6) is 0 Å². The third-order valence-corrected chi connectivity index (χ3v) is 3.78. The highest BCUT2D eigenvalue weighted by Crippen LogP contribution is 2.28. The second-order valence-corrected chi connectivity index (χ2v) is 4.80. The first-order valence-electron chi connectivity index (χ1n) is 5.74. The number of nitrogens with two attached hydrogens (primary N) is 1. The number of hydrogen-bond donors (Lipinski definition) is 1. The first-order valence-corrected chi connectivity index (χ1v) is 6.14. The Labute approximate surface area is 105 Å². The molecule has 17 heavy (non-hydrogen) atoms. The van der Waals surface area contributed by atoms with Gasteiger partial charge in [-0.15, -0.1) is 0 Å². The van der Waals surface area contributed by atoms with Crippen molar-refractivity contribution < 1.29 is 0 Å². The molecule has 1 heterocycles. The van der Waals surface area contributed by atoms with Crippen molar-refractivity contribution in [3.8, 4) is 0 Å². The number of hydrogen-bond acceptors (Lipinski definition) is 3. The molecule has 0 aliphatic heterocycles. The minimum atomic E-state index is 0.335. The molecule has 1 aliphatic carbocycles. The predicted octanol–water partition coefficient (Wildman–Crippen LogP) is 1.86. The summed E-state index contributed by atoms with van der Waals surface area (Å²) in [6.45, 7) is 0. The zero-order chi connectivity index (χ0) is 11.8. The fourth-order valence-electron chi connectivity index (χ4n) is 2.47. The van der Waals surface area contributed by atoms with Crippen LogP contribution >= 0.6 is 12.2 Å². The summed E-state index contributed by atoms with van der Waals surface area (Å²) in [5, 5.41) is 4.26. The summed E-state index contributed by atoms with van der Waals surface area (Å²) in [4.78, 5) is 0. The van der Waals surface area contributed by atoms with Crippen LogP contribution in [0.4, 0.5) is 0 Å². The topological polar surface area (TPSA) is 48.8 Å². The highest BCUT2D eigenvalue weighted by Gasteiger charge is 2.21. The van der Waals surface area contributed by atoms with E-state index in [1.54, 1.807) is 6.33 Å². The molecule has 1 aliphatic rings. The molecule has 0 radical (unpaired) electrons. The van der Waals surface area contributed by atoms with E-state index in [0.29, 0.717) is 10.8 Å². The molecular formula is C12H14N4S. The largest absolute Gasteiger partial charge is 0.336 e. The summed E-state index contributed by atoms with van der Waals surface area (Å²) in [5.41, 5.74) is 2.85. The molecule has 0 saturated carbocycles. The fourth-order valence-corrected chi connectivity index (χ4v) is 2.71. The summed E-state index contributed by atoms with van der Waals surface area (Å²) >= 11 is 5.24. The van der Waals surface area contributed by atoms with Crippen LogP contribution in [0.1, 0.15) is 23.6 Å². The van der Waals surface area contributed by atoms with Gasteiger partial charge in [-0.1, -0.05) is 24.3 Å². The average molecular weight is 246 g/mol. The van der Waals surface area contributed by atoms with Crippen molar-refractivity contribution in [3.63, 3.8) is 0 Å². The number of aromatic nitrogens is 3. The molecule has 1 unspecified atom stereocenters. The third-order valence-electron chi connectivity index (χ3n) is 3.38. The van der Waals surface area contributed by atoms with Crippen molar-refractivity contribution >= 4 is 12.2 Å². The van der Waals surface area contributed by atoms with E-state index in [2.05, 4.69) is 29.4 Å². The van der Waals surface area contributed by atoms with E-state index in [0.717, 1.165) is 19.3 Å². The molecule has 0 fully saturated rings. The van der Waals surface area contributed by atoms with Crippen molar-refractivity contribution in [2.75, 3.05) is 5.84 Å². The van der Waals surface area contributed by atoms with Gasteiger partial charge in [0.2, 0.25) is 4.77 Å². The van der Waals surface area contributed by atoms with E-state index in [4.69, 9.17) is 18.1 Å². The molecule has 1 atom stereocenters. The second kappa shape index (κ2) is 4.00. The standard InChI is InChI=1S/C12H14N4S/c13-15-8-14-16(12(15)17)11-6-5-9-3-1-2-4-10(9)7-11/h1-4,8,11H,5-7,13H2. The summed E-state index contributed by atoms with van der Waals surface area (Å²) in [6.07, 6.45) is 4.71. The molecule has 4 nitrogen and oxygen atoms in total. The number of aryl methyl sites for hydroxylation is 1. The molecule has 1 aromatic carbocycles. The first-order chi connectivity index (χ1) is 8.25. The molecule has 2 aromatic rings. The Balaban J connectivity index is 1.94. The Hall–Kier alpha value is -1.62. The second-order valence-electron chi connectivity index (χ2n) is 4.43. The molecule has 5 heteroatoms. The maximum atomic E-state index is 5.67. The Morgan fingerprint density at radius 1 is 1.29 bits per heavy atom. The molecule has 1 aromatic heterocycles. The van der Waals surface area contributed by atoms with Gasteiger partial charge in [0.05, 0.1) is 6.04 Å². The minimum Gasteiger partial charge on any atom is -0.336 e. The quantitative estimate of drug-likeness (QED) is 0.617. The summed E-state index contributed by atoms with van der Waals surface area (Å²) in [6, 6.07) is 8.90. The van der Waals surface area contributed by atoms with E-state index in [9.17, 15) is 0 Å². The monoisotopic (exact) mass is 246 g/mol. The SMILES string of the molecule is Nn1cnn(C2CCc3ccccc3C2)c1=S. The van der Waals surface area contributed by atoms with E-state index in [1.165, 1.54) is 15.8 Å². The van der Waals surface area contributed by atoms with E-state index >= 15 is 0 Å². The summed E-state index contributed by atoms with van der Waals surface area (Å²) < 4.78 is 3.86. The van der Waals surface area contributed by atoms with Crippen molar-refractivity contribution in [2.24, 2.45) is 0 Å². The Morgan fingerprint density at radius 2 is 2.06 bits per heavy atom. The fraction of sp³-hybridized carbons (Fsp3) is 0.333. The van der Waals surface area contributed by atoms with Crippen LogP contribution in [0.25, 0.3) is 0 Å². The van der Waals surface area contributed by atoms with Gasteiger partial charge in [0.1, 0.15) is 6.33 Å². The van der Waals surface area contributed by atoms with Crippen molar-refractivity contribution in [2.45, 2.75) is 25.3 Å². The Morgan fingerprint density at radius 3 is 2.76 bits per heavy atom. The summed E-state index contributed by atoms with van der Waals surface area (Å²) in [7, 11) is 0. The normalized spacial score (nSPS) is 18.9. The summed E-state index contributed by atoms with van der Waals surface area (Å²) in [5.74, 6) is 5.67. The van der Waals surface area contributed by atoms with Crippen LogP contribution in [-0.2, 0) is 12.8 Å². The molecule has 3 rings (SSSR count). The minimum absolute atomic E-state index is 0.335. The molecule has 88 valence electrons. The van der Waals surface area contributed by atoms with Crippen LogP contribution in [-0.4, -0.2) is 14.5 Å². The van der Waals surface area contributed by atoms with E-state index < -0.39 is 0 Å². The molecule has 0 saturated heterocycles. The van der Waals surface area contributed by atoms with Crippen LogP contribution in [0.3, 0.4) is 0 Å². The Bertz CT molecular complexity index is 599. The number of nitrogen functional groups attached to an aromatic ring is 1. The van der Waals surface area contributed by atoms with Crippen molar-refractivity contribution in [1.29, 1.82) is 0 Å². The van der Waals surface area contributed by atoms with Gasteiger partial charge in [-0.3, -0.25) is 0 Å². The highest BCUT2D eigenvalue weighted by atomic mass is 32.1. The number of fused-ring (bicyclic) bond motifs is 1. The zero-order valence-corrected chi connectivity index (χ0v) is 10.2. The number of benzene rings is 1. The van der Waals surface area contributed by atoms with Crippen LogP contribution in [0.2, 0.25) is 0 Å². The van der Waals surface area contributed by atoms with Gasteiger partial charge < -0.3 is 5.84 Å². The van der Waals surface area contributed by atoms with Crippen LogP contribution in [0, 0.1) is 4.77 Å². The van der Waals surface area contributed by atoms with Gasteiger partial charge in [0.15, 0.2) is 0 Å². The molecule has 0 spiro atoms. The average Bonchev–Trinajstić information content (AvgIpc) is 2.70. The lowest BCUT2D eigenvalue weighted by Crippen LogP contribution is -2.20. The molecular weight excluding hydrogens is 232 g/mol. The van der Waals surface area contributed by atoms with Crippen LogP contribution < -0.4 is 5.84 Å². The lowest BCUT2D eigenvalue weighted by molar-refractivity contribution is 0.399. The van der Waals surface area contributed by atoms with Gasteiger partial charge in [-0.2, -0.15) is 5.10 Å². The molecule has 0 amide bonds. The maximum absolute atomic E-state index is 5.67. The van der Waals surface area contributed by atoms with Crippen molar-refractivity contribution in [3.05, 3.63) is 46.5 Å². The molecule has 0 bridgehead atoms. The van der Waals surface area contributed by atoms with Crippen molar-refractivity contribution in [1.82, 2.24) is 14.5 Å². The highest BCUT2D eigenvalue weighted by molar-refractivity contribution is 7.71. The molecule has 2 N–H and O–H groups in total. The van der Waals surface area contributed by atoms with Gasteiger partial charge in [-0.05, 0) is 42.6 Å². The number of rotatable bonds is 1. The maximum Gasteiger partial charge on any atom is 0.216 e. The first kappa shape index (κ1) is 10.5. The van der Waals surface area contributed by atoms with Gasteiger partial charge in [0.25, 0.3) is 0 Å². The zero-order valence-electron chi connectivity index (χ0n) is 9.41. The van der Waals surface area contributed by atoms with Gasteiger partial charge in [0, 0.05) is 0 Å². The lowest BCUT2D eigenvalue weighted by atomic mass is 9.88. The Kier molecular flexibility index (Phi) is 2.48. The smallest absolute Gasteiger partial charge is 0.216 e. The van der Waals surface area contributed by atoms with Gasteiger partial charge >= 0.3 is 0 Å². The van der Waals surface area contributed by atoms with E-state index in [-0.39, 0.29) is 0 Å². The van der Waals surface area contributed by atoms with Gasteiger partial charge in [-0.25, -0.2) is 9.36 Å². The van der Waals surface area contributed by atoms with Crippen LogP contribution in [0.15, 0.2) is 30.6 Å². The number of nitrogens with zero attached hydrogens (tertiary/aromatic N) is 3. The predicted molar refractivity (Wildman–Crippen MR) is 68.7 cm³/mol. The lowest BCUT2D eigenvalue weighted by Gasteiger charge is -2.24. The van der Waals surface area contributed by atoms with E-state index in [1.807, 2.05) is 4.68 Å².